The highest BCUT2D eigenvalue weighted by Gasteiger charge is 2.30. The summed E-state index contributed by atoms with van der Waals surface area (Å²) >= 11 is 0. The molecule has 1 aromatic heterocycles. The van der Waals surface area contributed by atoms with Gasteiger partial charge in [0.15, 0.2) is 0 Å². The molecule has 0 bridgehead atoms. The Labute approximate surface area is 174 Å². The van der Waals surface area contributed by atoms with Crippen LogP contribution in [-0.2, 0) is 16.7 Å². The molecule has 4 N–H and O–H groups in total. The predicted molar refractivity (Wildman–Crippen MR) is 104 cm³/mol. The maximum Gasteiger partial charge on any atom is 0.573 e. The molecule has 0 aliphatic rings. The van der Waals surface area contributed by atoms with Gasteiger partial charge in [-0.05, 0) is 36.4 Å². The summed E-state index contributed by atoms with van der Waals surface area (Å²) in [4.78, 5) is 7.77. The van der Waals surface area contributed by atoms with Crippen molar-refractivity contribution in [2.24, 2.45) is 5.14 Å². The zero-order valence-corrected chi connectivity index (χ0v) is 16.3. The molecule has 164 valence electrons. The van der Waals surface area contributed by atoms with E-state index in [0.717, 1.165) is 12.1 Å². The van der Waals surface area contributed by atoms with Gasteiger partial charge in [0.1, 0.15) is 30.4 Å². The Bertz CT molecular complexity index is 1170. The zero-order chi connectivity index (χ0) is 22.6. The third-order valence-electron chi connectivity index (χ3n) is 3.84. The lowest BCUT2D eigenvalue weighted by Crippen LogP contribution is -2.16. The lowest BCUT2D eigenvalue weighted by atomic mass is 10.2. The second-order valence-electron chi connectivity index (χ2n) is 6.11. The molecule has 0 fully saturated rings. The molecule has 0 aliphatic heterocycles. The quantitative estimate of drug-likeness (QED) is 0.459. The molecule has 0 spiro atoms. The lowest BCUT2D eigenvalue weighted by molar-refractivity contribution is -0.274. The van der Waals surface area contributed by atoms with Crippen molar-refractivity contribution in [1.29, 1.82) is 0 Å². The van der Waals surface area contributed by atoms with E-state index >= 15 is 0 Å². The van der Waals surface area contributed by atoms with Crippen molar-refractivity contribution in [3.05, 3.63) is 60.4 Å². The molecule has 1 heterocycles. The van der Waals surface area contributed by atoms with Gasteiger partial charge in [-0.3, -0.25) is 0 Å². The Hall–Kier alpha value is -3.45. The molecule has 0 amide bonds. The van der Waals surface area contributed by atoms with Crippen molar-refractivity contribution in [2.75, 3.05) is 10.6 Å². The number of rotatable bonds is 7. The second-order valence-corrected chi connectivity index (χ2v) is 7.67. The van der Waals surface area contributed by atoms with Gasteiger partial charge in [0, 0.05) is 23.0 Å². The number of nitrogens with zero attached hydrogens (tertiary/aromatic N) is 2. The first-order chi connectivity index (χ1) is 14.5. The van der Waals surface area contributed by atoms with Crippen molar-refractivity contribution < 1.29 is 30.7 Å². The van der Waals surface area contributed by atoms with Crippen LogP contribution in [0.15, 0.2) is 59.8 Å². The van der Waals surface area contributed by atoms with Crippen molar-refractivity contribution in [3.63, 3.8) is 0 Å². The Morgan fingerprint density at radius 2 is 1.61 bits per heavy atom. The summed E-state index contributed by atoms with van der Waals surface area (Å²) in [5.41, 5.74) is 0.743. The molecular weight excluding hydrogens is 442 g/mol. The van der Waals surface area contributed by atoms with Crippen LogP contribution in [0, 0.1) is 0 Å². The van der Waals surface area contributed by atoms with Crippen LogP contribution in [0.1, 0.15) is 5.56 Å². The van der Waals surface area contributed by atoms with Crippen LogP contribution in [0.2, 0.25) is 0 Å². The SMILES string of the molecule is NS(=O)(=O)c1ccc(CF)c(Nc2cc(Nc3ccc(OC(F)(F)F)cc3)ncn2)c1. The van der Waals surface area contributed by atoms with Gasteiger partial charge in [-0.25, -0.2) is 27.9 Å². The van der Waals surface area contributed by atoms with E-state index in [0.29, 0.717) is 5.69 Å². The summed E-state index contributed by atoms with van der Waals surface area (Å²) in [7, 11) is -3.99. The standard InChI is InChI=1S/C18H15F4N5O3S/c19-9-11-1-6-14(31(23,28)29)7-15(11)27-17-8-16(24-10-25-17)26-12-2-4-13(5-3-12)30-18(20,21)22/h1-8,10H,9H2,(H2,23,28,29)(H2,24,25,26,27). The van der Waals surface area contributed by atoms with E-state index in [4.69, 9.17) is 5.14 Å². The summed E-state index contributed by atoms with van der Waals surface area (Å²) in [5.74, 6) is 0.0961. The Morgan fingerprint density at radius 3 is 2.19 bits per heavy atom. The molecule has 3 rings (SSSR count). The highest BCUT2D eigenvalue weighted by Crippen LogP contribution is 2.27. The van der Waals surface area contributed by atoms with E-state index in [-0.39, 0.29) is 33.5 Å². The topological polar surface area (TPSA) is 119 Å². The number of sulfonamides is 1. The molecule has 0 aliphatic carbocycles. The number of nitrogens with two attached hydrogens (primary N) is 1. The van der Waals surface area contributed by atoms with Gasteiger partial charge in [-0.1, -0.05) is 6.07 Å². The van der Waals surface area contributed by atoms with Crippen LogP contribution in [0.4, 0.5) is 40.6 Å². The number of alkyl halides is 4. The van der Waals surface area contributed by atoms with Crippen molar-refractivity contribution >= 4 is 33.0 Å². The first-order valence-corrected chi connectivity index (χ1v) is 10.0. The van der Waals surface area contributed by atoms with Gasteiger partial charge < -0.3 is 15.4 Å². The lowest BCUT2D eigenvalue weighted by Gasteiger charge is -2.13. The van der Waals surface area contributed by atoms with Gasteiger partial charge in [0.2, 0.25) is 10.0 Å². The van der Waals surface area contributed by atoms with Gasteiger partial charge in [-0.15, -0.1) is 13.2 Å². The van der Waals surface area contributed by atoms with E-state index < -0.39 is 23.1 Å². The minimum atomic E-state index is -4.79. The van der Waals surface area contributed by atoms with Crippen LogP contribution >= 0.6 is 0 Å². The van der Waals surface area contributed by atoms with E-state index in [1.54, 1.807) is 0 Å². The molecular formula is C18H15F4N5O3S. The van der Waals surface area contributed by atoms with Gasteiger partial charge in [0.25, 0.3) is 0 Å². The summed E-state index contributed by atoms with van der Waals surface area (Å²) in [6, 6.07) is 10.1. The molecule has 0 saturated carbocycles. The summed E-state index contributed by atoms with van der Waals surface area (Å²) in [6.45, 7) is -0.865. The normalized spacial score (nSPS) is 11.8. The average Bonchev–Trinajstić information content (AvgIpc) is 2.68. The molecule has 8 nitrogen and oxygen atoms in total. The third kappa shape index (κ3) is 6.26. The monoisotopic (exact) mass is 457 g/mol. The Kier molecular flexibility index (Phi) is 6.27. The number of hydrogen-bond acceptors (Lipinski definition) is 7. The number of benzene rings is 2. The molecule has 31 heavy (non-hydrogen) atoms. The summed E-state index contributed by atoms with van der Waals surface area (Å²) in [5, 5.41) is 10.8. The number of ether oxygens (including phenoxy) is 1. The molecule has 3 aromatic rings. The third-order valence-corrected chi connectivity index (χ3v) is 4.75. The van der Waals surface area contributed by atoms with Gasteiger partial charge >= 0.3 is 6.36 Å². The fourth-order valence-electron chi connectivity index (χ4n) is 2.49. The second kappa shape index (κ2) is 8.73. The molecule has 2 aromatic carbocycles. The van der Waals surface area contributed by atoms with Crippen LogP contribution in [0.5, 0.6) is 5.75 Å². The molecule has 0 saturated heterocycles. The summed E-state index contributed by atoms with van der Waals surface area (Å²) in [6.07, 6.45) is -3.61. The molecule has 0 atom stereocenters. The number of halogens is 4. The average molecular weight is 457 g/mol. The van der Waals surface area contributed by atoms with Crippen LogP contribution in [-0.4, -0.2) is 24.7 Å². The minimum Gasteiger partial charge on any atom is -0.406 e. The predicted octanol–water partition coefficient (Wildman–Crippen LogP) is 3.98. The highest BCUT2D eigenvalue weighted by atomic mass is 32.2. The summed E-state index contributed by atoms with van der Waals surface area (Å²) < 4.78 is 76.9. The maximum atomic E-state index is 13.3. The van der Waals surface area contributed by atoms with E-state index in [1.807, 2.05) is 0 Å². The van der Waals surface area contributed by atoms with E-state index in [2.05, 4.69) is 25.3 Å². The van der Waals surface area contributed by atoms with E-state index in [1.165, 1.54) is 42.7 Å². The number of nitrogens with one attached hydrogen (secondary N) is 2. The first kappa shape index (κ1) is 22.2. The molecule has 13 heteroatoms. The van der Waals surface area contributed by atoms with Crippen LogP contribution in [0.25, 0.3) is 0 Å². The zero-order valence-electron chi connectivity index (χ0n) is 15.5. The van der Waals surface area contributed by atoms with Gasteiger partial charge in [0.05, 0.1) is 4.90 Å². The van der Waals surface area contributed by atoms with Crippen molar-refractivity contribution in [2.45, 2.75) is 17.9 Å². The fraction of sp³-hybridized carbons (Fsp3) is 0.111. The Balaban J connectivity index is 1.78. The van der Waals surface area contributed by atoms with Crippen molar-refractivity contribution in [3.8, 4) is 5.75 Å². The number of anilines is 4. The number of primary sulfonamides is 1. The smallest absolute Gasteiger partial charge is 0.406 e. The van der Waals surface area contributed by atoms with E-state index in [9.17, 15) is 26.0 Å². The maximum absolute atomic E-state index is 13.3. The number of hydrogen-bond donors (Lipinski definition) is 3. The molecule has 0 unspecified atom stereocenters. The van der Waals surface area contributed by atoms with Gasteiger partial charge in [-0.2, -0.15) is 0 Å². The largest absolute Gasteiger partial charge is 0.573 e. The highest BCUT2D eigenvalue weighted by molar-refractivity contribution is 7.89. The fourth-order valence-corrected chi connectivity index (χ4v) is 3.03. The molecule has 0 radical (unpaired) electrons. The minimum absolute atomic E-state index is 0.146. The number of aromatic nitrogens is 2. The van der Waals surface area contributed by atoms with Crippen LogP contribution < -0.4 is 20.5 Å². The Morgan fingerprint density at radius 1 is 0.968 bits per heavy atom. The first-order valence-electron chi connectivity index (χ1n) is 8.47. The van der Waals surface area contributed by atoms with Crippen LogP contribution in [0.3, 0.4) is 0 Å². The van der Waals surface area contributed by atoms with Crippen molar-refractivity contribution in [1.82, 2.24) is 9.97 Å².